The molecule has 0 atom stereocenters. The molecule has 98 valence electrons. The highest BCUT2D eigenvalue weighted by Gasteiger charge is 2.08. The van der Waals surface area contributed by atoms with Gasteiger partial charge in [-0.25, -0.2) is 4.79 Å². The van der Waals surface area contributed by atoms with Crippen LogP contribution in [-0.4, -0.2) is 11.1 Å². The van der Waals surface area contributed by atoms with Gasteiger partial charge < -0.3 is 10.4 Å². The molecule has 0 aliphatic carbocycles. The first-order valence-electron chi connectivity index (χ1n) is 5.58. The van der Waals surface area contributed by atoms with Crippen LogP contribution in [0.1, 0.15) is 15.9 Å². The van der Waals surface area contributed by atoms with E-state index in [1.54, 1.807) is 18.2 Å². The standard InChI is InChI=1S/C14H11Br2NO2/c15-11-6-5-9(7-12(11)16)8-17-13-4-2-1-3-10(13)14(18)19/h1-7,17H,8H2,(H,18,19). The van der Waals surface area contributed by atoms with E-state index in [1.165, 1.54) is 0 Å². The molecular formula is C14H11Br2NO2. The van der Waals surface area contributed by atoms with Gasteiger partial charge in [-0.3, -0.25) is 0 Å². The largest absolute Gasteiger partial charge is 0.478 e. The Morgan fingerprint density at radius 1 is 1.11 bits per heavy atom. The average molecular weight is 385 g/mol. The predicted octanol–water partition coefficient (Wildman–Crippen LogP) is 4.52. The van der Waals surface area contributed by atoms with Gasteiger partial charge in [-0.1, -0.05) is 18.2 Å². The number of benzene rings is 2. The number of hydrogen-bond acceptors (Lipinski definition) is 2. The molecule has 0 saturated heterocycles. The summed E-state index contributed by atoms with van der Waals surface area (Å²) in [5, 5.41) is 12.2. The number of carboxylic acid groups (broad SMARTS) is 1. The normalized spacial score (nSPS) is 10.2. The van der Waals surface area contributed by atoms with Crippen LogP contribution >= 0.6 is 31.9 Å². The number of anilines is 1. The lowest BCUT2D eigenvalue weighted by atomic mass is 10.1. The molecule has 0 unspecified atom stereocenters. The van der Waals surface area contributed by atoms with Crippen molar-refractivity contribution in [1.82, 2.24) is 0 Å². The summed E-state index contributed by atoms with van der Waals surface area (Å²) in [5.74, 6) is -0.930. The molecule has 0 aliphatic heterocycles. The first kappa shape index (κ1) is 14.1. The average Bonchev–Trinajstić information content (AvgIpc) is 2.40. The molecule has 0 amide bonds. The smallest absolute Gasteiger partial charge is 0.337 e. The maximum Gasteiger partial charge on any atom is 0.337 e. The number of rotatable bonds is 4. The summed E-state index contributed by atoms with van der Waals surface area (Å²) >= 11 is 6.85. The molecule has 19 heavy (non-hydrogen) atoms. The Bertz CT molecular complexity index is 614. The molecule has 0 fully saturated rings. The zero-order valence-electron chi connectivity index (χ0n) is 9.86. The molecule has 0 aliphatic rings. The van der Waals surface area contributed by atoms with E-state index in [4.69, 9.17) is 5.11 Å². The van der Waals surface area contributed by atoms with Gasteiger partial charge in [0, 0.05) is 21.2 Å². The van der Waals surface area contributed by atoms with E-state index < -0.39 is 5.97 Å². The monoisotopic (exact) mass is 383 g/mol. The zero-order chi connectivity index (χ0) is 13.8. The molecule has 2 rings (SSSR count). The summed E-state index contributed by atoms with van der Waals surface area (Å²) < 4.78 is 1.96. The van der Waals surface area contributed by atoms with E-state index in [0.29, 0.717) is 12.2 Å². The quantitative estimate of drug-likeness (QED) is 0.814. The number of carboxylic acids is 1. The lowest BCUT2D eigenvalue weighted by Crippen LogP contribution is -2.06. The van der Waals surface area contributed by atoms with Crippen LogP contribution in [0.5, 0.6) is 0 Å². The molecule has 5 heteroatoms. The van der Waals surface area contributed by atoms with Crippen LogP contribution in [0.3, 0.4) is 0 Å². The van der Waals surface area contributed by atoms with Gasteiger partial charge in [0.1, 0.15) is 0 Å². The Morgan fingerprint density at radius 2 is 1.84 bits per heavy atom. The minimum Gasteiger partial charge on any atom is -0.478 e. The van der Waals surface area contributed by atoms with Crippen LogP contribution in [0.4, 0.5) is 5.69 Å². The van der Waals surface area contributed by atoms with Crippen LogP contribution in [0.2, 0.25) is 0 Å². The third-order valence-electron chi connectivity index (χ3n) is 2.62. The Labute approximate surface area is 127 Å². The lowest BCUT2D eigenvalue weighted by molar-refractivity contribution is 0.0698. The summed E-state index contributed by atoms with van der Waals surface area (Å²) in [5.41, 5.74) is 1.96. The molecule has 2 N–H and O–H groups in total. The predicted molar refractivity (Wildman–Crippen MR) is 82.6 cm³/mol. The Balaban J connectivity index is 2.14. The van der Waals surface area contributed by atoms with Gasteiger partial charge in [-0.15, -0.1) is 0 Å². The van der Waals surface area contributed by atoms with Crippen LogP contribution < -0.4 is 5.32 Å². The van der Waals surface area contributed by atoms with Crippen LogP contribution in [-0.2, 0) is 6.54 Å². The number of nitrogens with one attached hydrogen (secondary N) is 1. The van der Waals surface area contributed by atoms with Gasteiger partial charge in [0.05, 0.1) is 5.56 Å². The first-order chi connectivity index (χ1) is 9.08. The molecule has 0 heterocycles. The van der Waals surface area contributed by atoms with Crippen LogP contribution in [0.15, 0.2) is 51.4 Å². The molecule has 0 saturated carbocycles. The number of halogens is 2. The number of para-hydroxylation sites is 1. The molecule has 3 nitrogen and oxygen atoms in total. The van der Waals surface area contributed by atoms with Gasteiger partial charge in [-0.05, 0) is 61.7 Å². The topological polar surface area (TPSA) is 49.3 Å². The summed E-state index contributed by atoms with van der Waals surface area (Å²) in [4.78, 5) is 11.1. The van der Waals surface area contributed by atoms with Crippen molar-refractivity contribution in [2.24, 2.45) is 0 Å². The van der Waals surface area contributed by atoms with Crippen molar-refractivity contribution in [2.75, 3.05) is 5.32 Å². The maximum absolute atomic E-state index is 11.1. The van der Waals surface area contributed by atoms with E-state index in [9.17, 15) is 4.79 Å². The van der Waals surface area contributed by atoms with E-state index in [0.717, 1.165) is 14.5 Å². The van der Waals surface area contributed by atoms with Crippen molar-refractivity contribution >= 4 is 43.5 Å². The number of hydrogen-bond donors (Lipinski definition) is 2. The molecule has 2 aromatic rings. The van der Waals surface area contributed by atoms with Gasteiger partial charge in [0.15, 0.2) is 0 Å². The van der Waals surface area contributed by atoms with E-state index in [2.05, 4.69) is 37.2 Å². The SMILES string of the molecule is O=C(O)c1ccccc1NCc1ccc(Br)c(Br)c1. The molecular weight excluding hydrogens is 374 g/mol. The van der Waals surface area contributed by atoms with E-state index >= 15 is 0 Å². The van der Waals surface area contributed by atoms with Crippen molar-refractivity contribution in [3.8, 4) is 0 Å². The third-order valence-corrected chi connectivity index (χ3v) is 4.50. The van der Waals surface area contributed by atoms with Crippen molar-refractivity contribution in [3.05, 3.63) is 62.5 Å². The summed E-state index contributed by atoms with van der Waals surface area (Å²) in [7, 11) is 0. The van der Waals surface area contributed by atoms with Crippen molar-refractivity contribution < 1.29 is 9.90 Å². The fraction of sp³-hybridized carbons (Fsp3) is 0.0714. The molecule has 2 aromatic carbocycles. The summed E-state index contributed by atoms with van der Waals surface area (Å²) in [6.45, 7) is 0.566. The maximum atomic E-state index is 11.1. The Kier molecular flexibility index (Phi) is 4.61. The molecule has 0 spiro atoms. The van der Waals surface area contributed by atoms with Crippen molar-refractivity contribution in [2.45, 2.75) is 6.54 Å². The van der Waals surface area contributed by atoms with E-state index in [-0.39, 0.29) is 5.56 Å². The second-order valence-electron chi connectivity index (χ2n) is 3.95. The zero-order valence-corrected chi connectivity index (χ0v) is 13.0. The lowest BCUT2D eigenvalue weighted by Gasteiger charge is -2.10. The summed E-state index contributed by atoms with van der Waals surface area (Å²) in [6.07, 6.45) is 0. The second kappa shape index (κ2) is 6.21. The Hall–Kier alpha value is -1.33. The summed E-state index contributed by atoms with van der Waals surface area (Å²) in [6, 6.07) is 12.8. The van der Waals surface area contributed by atoms with Crippen molar-refractivity contribution in [3.63, 3.8) is 0 Å². The minimum atomic E-state index is -0.930. The van der Waals surface area contributed by atoms with Crippen molar-refractivity contribution in [1.29, 1.82) is 0 Å². The van der Waals surface area contributed by atoms with Gasteiger partial charge in [0.2, 0.25) is 0 Å². The van der Waals surface area contributed by atoms with Crippen LogP contribution in [0.25, 0.3) is 0 Å². The fourth-order valence-corrected chi connectivity index (χ4v) is 2.34. The second-order valence-corrected chi connectivity index (χ2v) is 5.66. The van der Waals surface area contributed by atoms with Gasteiger partial charge >= 0.3 is 5.97 Å². The van der Waals surface area contributed by atoms with Gasteiger partial charge in [-0.2, -0.15) is 0 Å². The number of aromatic carboxylic acids is 1. The first-order valence-corrected chi connectivity index (χ1v) is 7.16. The number of carbonyl (C=O) groups is 1. The fourth-order valence-electron chi connectivity index (χ4n) is 1.67. The molecule has 0 aromatic heterocycles. The Morgan fingerprint density at radius 3 is 2.53 bits per heavy atom. The highest BCUT2D eigenvalue weighted by atomic mass is 79.9. The van der Waals surface area contributed by atoms with Crippen LogP contribution in [0, 0.1) is 0 Å². The van der Waals surface area contributed by atoms with E-state index in [1.807, 2.05) is 24.3 Å². The highest BCUT2D eigenvalue weighted by molar-refractivity contribution is 9.13. The minimum absolute atomic E-state index is 0.277. The molecule has 0 radical (unpaired) electrons. The van der Waals surface area contributed by atoms with Gasteiger partial charge in [0.25, 0.3) is 0 Å². The molecule has 0 bridgehead atoms. The third kappa shape index (κ3) is 3.58. The highest BCUT2D eigenvalue weighted by Crippen LogP contribution is 2.24.